The van der Waals surface area contributed by atoms with Crippen LogP contribution in [0.1, 0.15) is 51.9 Å². The molecule has 0 bridgehead atoms. The third-order valence-electron chi connectivity index (χ3n) is 3.76. The molecule has 2 heteroatoms. The van der Waals surface area contributed by atoms with Crippen LogP contribution in [0.2, 0.25) is 0 Å². The normalized spacial score (nSPS) is 33.8. The minimum absolute atomic E-state index is 0.349. The third-order valence-corrected chi connectivity index (χ3v) is 3.76. The molecule has 0 spiro atoms. The van der Waals surface area contributed by atoms with E-state index in [1.165, 1.54) is 19.3 Å². The summed E-state index contributed by atoms with van der Waals surface area (Å²) in [4.78, 5) is 12.0. The lowest BCUT2D eigenvalue weighted by molar-refractivity contribution is -0.149. The second-order valence-electron chi connectivity index (χ2n) is 4.96. The number of hydrogen-bond donors (Lipinski definition) is 0. The highest BCUT2D eigenvalue weighted by Gasteiger charge is 2.37. The van der Waals surface area contributed by atoms with Crippen LogP contribution < -0.4 is 0 Å². The Morgan fingerprint density at radius 1 is 1.36 bits per heavy atom. The van der Waals surface area contributed by atoms with Crippen LogP contribution in [0.5, 0.6) is 0 Å². The van der Waals surface area contributed by atoms with E-state index in [1.54, 1.807) is 0 Å². The molecule has 0 amide bonds. The Kier molecular flexibility index (Phi) is 2.91. The molecule has 2 nitrogen and oxygen atoms in total. The summed E-state index contributed by atoms with van der Waals surface area (Å²) < 4.78 is 5.65. The van der Waals surface area contributed by atoms with Crippen molar-refractivity contribution in [3.8, 4) is 0 Å². The molecular formula is C12H20O2. The lowest BCUT2D eigenvalue weighted by Gasteiger charge is -2.35. The van der Waals surface area contributed by atoms with E-state index in [-0.39, 0.29) is 0 Å². The molecule has 0 aromatic heterocycles. The Bertz CT molecular complexity index is 212. The van der Waals surface area contributed by atoms with Crippen LogP contribution in [0.25, 0.3) is 0 Å². The molecule has 2 aliphatic rings. The molecule has 1 unspecified atom stereocenters. The Morgan fingerprint density at radius 3 is 2.64 bits per heavy atom. The molecular weight excluding hydrogens is 176 g/mol. The lowest BCUT2D eigenvalue weighted by Crippen LogP contribution is -2.42. The topological polar surface area (TPSA) is 26.3 Å². The maximum Gasteiger partial charge on any atom is 0.164 e. The van der Waals surface area contributed by atoms with Gasteiger partial charge in [-0.3, -0.25) is 4.79 Å². The van der Waals surface area contributed by atoms with Gasteiger partial charge >= 0.3 is 0 Å². The van der Waals surface area contributed by atoms with Gasteiger partial charge in [-0.25, -0.2) is 0 Å². The summed E-state index contributed by atoms with van der Waals surface area (Å²) in [5.74, 6) is 1.02. The molecule has 1 aliphatic carbocycles. The van der Waals surface area contributed by atoms with Crippen molar-refractivity contribution in [2.45, 2.75) is 57.5 Å². The molecule has 1 aliphatic heterocycles. The first-order chi connectivity index (χ1) is 6.71. The SMILES string of the molecule is CC1(C(=O)CC2CCC2)CCCCO1. The fourth-order valence-corrected chi connectivity index (χ4v) is 2.33. The molecule has 14 heavy (non-hydrogen) atoms. The van der Waals surface area contributed by atoms with Crippen molar-refractivity contribution in [1.29, 1.82) is 0 Å². The van der Waals surface area contributed by atoms with Crippen LogP contribution in [0.4, 0.5) is 0 Å². The van der Waals surface area contributed by atoms with Gasteiger partial charge in [-0.1, -0.05) is 19.3 Å². The van der Waals surface area contributed by atoms with E-state index in [0.29, 0.717) is 11.7 Å². The van der Waals surface area contributed by atoms with Gasteiger partial charge in [0.1, 0.15) is 5.60 Å². The van der Waals surface area contributed by atoms with Gasteiger partial charge in [0.15, 0.2) is 5.78 Å². The highest BCUT2D eigenvalue weighted by atomic mass is 16.5. The number of ether oxygens (including phenoxy) is 1. The second-order valence-corrected chi connectivity index (χ2v) is 4.96. The van der Waals surface area contributed by atoms with E-state index in [9.17, 15) is 4.79 Å². The van der Waals surface area contributed by atoms with E-state index < -0.39 is 5.60 Å². The second kappa shape index (κ2) is 4.01. The summed E-state index contributed by atoms with van der Waals surface area (Å²) in [7, 11) is 0. The van der Waals surface area contributed by atoms with Gasteiger partial charge in [-0.05, 0) is 32.1 Å². The minimum Gasteiger partial charge on any atom is -0.368 e. The van der Waals surface area contributed by atoms with Gasteiger partial charge in [0.05, 0.1) is 0 Å². The zero-order valence-electron chi connectivity index (χ0n) is 9.05. The zero-order chi connectivity index (χ0) is 10.0. The number of ketones is 1. The molecule has 1 saturated carbocycles. The molecule has 2 rings (SSSR count). The molecule has 2 fully saturated rings. The Labute approximate surface area is 86.0 Å². The smallest absolute Gasteiger partial charge is 0.164 e. The van der Waals surface area contributed by atoms with Crippen molar-refractivity contribution >= 4 is 5.78 Å². The predicted octanol–water partition coefficient (Wildman–Crippen LogP) is 2.70. The standard InChI is InChI=1S/C12H20O2/c1-12(7-2-3-8-14-12)11(13)9-10-5-4-6-10/h10H,2-9H2,1H3. The molecule has 1 saturated heterocycles. The zero-order valence-corrected chi connectivity index (χ0v) is 9.05. The fourth-order valence-electron chi connectivity index (χ4n) is 2.33. The van der Waals surface area contributed by atoms with Gasteiger partial charge in [-0.15, -0.1) is 0 Å². The van der Waals surface area contributed by atoms with Gasteiger partial charge in [0.25, 0.3) is 0 Å². The van der Waals surface area contributed by atoms with Crippen molar-refractivity contribution in [1.82, 2.24) is 0 Å². The van der Waals surface area contributed by atoms with Crippen LogP contribution in [-0.4, -0.2) is 18.0 Å². The van der Waals surface area contributed by atoms with Crippen molar-refractivity contribution in [2.24, 2.45) is 5.92 Å². The van der Waals surface area contributed by atoms with Crippen molar-refractivity contribution in [3.63, 3.8) is 0 Å². The monoisotopic (exact) mass is 196 g/mol. The van der Waals surface area contributed by atoms with Crippen LogP contribution in [0, 0.1) is 5.92 Å². The Morgan fingerprint density at radius 2 is 2.14 bits per heavy atom. The summed E-state index contributed by atoms with van der Waals surface area (Å²) in [6.07, 6.45) is 7.77. The summed E-state index contributed by atoms with van der Waals surface area (Å²) in [6.45, 7) is 2.75. The first-order valence-electron chi connectivity index (χ1n) is 5.88. The maximum atomic E-state index is 12.0. The summed E-state index contributed by atoms with van der Waals surface area (Å²) >= 11 is 0. The fraction of sp³-hybridized carbons (Fsp3) is 0.917. The molecule has 1 atom stereocenters. The van der Waals surface area contributed by atoms with Crippen LogP contribution >= 0.6 is 0 Å². The molecule has 0 N–H and O–H groups in total. The largest absolute Gasteiger partial charge is 0.368 e. The van der Waals surface area contributed by atoms with Gasteiger partial charge in [0, 0.05) is 13.0 Å². The number of hydrogen-bond acceptors (Lipinski definition) is 2. The third kappa shape index (κ3) is 2.00. The predicted molar refractivity (Wildman–Crippen MR) is 55.2 cm³/mol. The number of Topliss-reactive ketones (excluding diaryl/α,β-unsaturated/α-hetero) is 1. The molecule has 1 heterocycles. The van der Waals surface area contributed by atoms with E-state index in [0.717, 1.165) is 32.3 Å². The van der Waals surface area contributed by atoms with Gasteiger partial charge in [0.2, 0.25) is 0 Å². The first-order valence-corrected chi connectivity index (χ1v) is 5.88. The minimum atomic E-state index is -0.437. The number of carbonyl (C=O) groups is 1. The molecule has 0 radical (unpaired) electrons. The van der Waals surface area contributed by atoms with Crippen LogP contribution in [0.3, 0.4) is 0 Å². The average Bonchev–Trinajstić information content (AvgIpc) is 2.12. The van der Waals surface area contributed by atoms with Crippen molar-refractivity contribution < 1.29 is 9.53 Å². The van der Waals surface area contributed by atoms with Gasteiger partial charge in [-0.2, -0.15) is 0 Å². The van der Waals surface area contributed by atoms with Crippen molar-refractivity contribution in [3.05, 3.63) is 0 Å². The summed E-state index contributed by atoms with van der Waals surface area (Å²) in [5.41, 5.74) is -0.437. The maximum absolute atomic E-state index is 12.0. The number of carbonyl (C=O) groups excluding carboxylic acids is 1. The number of rotatable bonds is 3. The molecule has 0 aromatic rings. The highest BCUT2D eigenvalue weighted by Crippen LogP contribution is 2.34. The average molecular weight is 196 g/mol. The summed E-state index contributed by atoms with van der Waals surface area (Å²) in [5, 5.41) is 0. The van der Waals surface area contributed by atoms with E-state index in [4.69, 9.17) is 4.74 Å². The molecule has 0 aromatic carbocycles. The Hall–Kier alpha value is -0.370. The van der Waals surface area contributed by atoms with Crippen LogP contribution in [0.15, 0.2) is 0 Å². The quantitative estimate of drug-likeness (QED) is 0.693. The summed E-state index contributed by atoms with van der Waals surface area (Å²) in [6, 6.07) is 0. The lowest BCUT2D eigenvalue weighted by atomic mass is 9.78. The van der Waals surface area contributed by atoms with Gasteiger partial charge < -0.3 is 4.74 Å². The van der Waals surface area contributed by atoms with Crippen LogP contribution in [-0.2, 0) is 9.53 Å². The molecule has 80 valence electrons. The Balaban J connectivity index is 1.87. The van der Waals surface area contributed by atoms with E-state index in [2.05, 4.69) is 0 Å². The highest BCUT2D eigenvalue weighted by molar-refractivity contribution is 5.87. The van der Waals surface area contributed by atoms with E-state index >= 15 is 0 Å². The van der Waals surface area contributed by atoms with Crippen molar-refractivity contribution in [2.75, 3.05) is 6.61 Å². The van der Waals surface area contributed by atoms with E-state index in [1.807, 2.05) is 6.92 Å². The first kappa shape index (κ1) is 10.2.